The molecule has 21 heavy (non-hydrogen) atoms. The molecule has 0 saturated heterocycles. The van der Waals surface area contributed by atoms with E-state index in [0.717, 1.165) is 12.8 Å². The molecule has 0 unspecified atom stereocenters. The van der Waals surface area contributed by atoms with E-state index in [2.05, 4.69) is 6.07 Å². The summed E-state index contributed by atoms with van der Waals surface area (Å²) in [7, 11) is 0. The summed E-state index contributed by atoms with van der Waals surface area (Å²) in [5.41, 5.74) is 0. The van der Waals surface area contributed by atoms with Crippen LogP contribution < -0.4 is 0 Å². The third kappa shape index (κ3) is 11.8. The molecule has 0 N–H and O–H groups in total. The van der Waals surface area contributed by atoms with Crippen LogP contribution in [0.3, 0.4) is 0 Å². The number of hydrogen-bond acceptors (Lipinski definition) is 1. The molecule has 0 bridgehead atoms. The number of nitriles is 1. The Morgan fingerprint density at radius 3 is 0.905 bits per heavy atom. The molecule has 0 radical (unpaired) electrons. The van der Waals surface area contributed by atoms with Crippen LogP contribution in [0.5, 0.6) is 0 Å². The Bertz CT molecular complexity index is 233. The van der Waals surface area contributed by atoms with Crippen molar-refractivity contribution >= 4 is 0 Å². The summed E-state index contributed by atoms with van der Waals surface area (Å²) < 4.78 is 0. The molecule has 1 rings (SSSR count). The van der Waals surface area contributed by atoms with Gasteiger partial charge in [-0.15, -0.1) is 0 Å². The molecule has 1 heteroatoms. The van der Waals surface area contributed by atoms with Crippen molar-refractivity contribution in [2.75, 3.05) is 0 Å². The summed E-state index contributed by atoms with van der Waals surface area (Å²) in [5.74, 6) is 0.340. The maximum atomic E-state index is 9.23. The van der Waals surface area contributed by atoms with Crippen LogP contribution in [0.2, 0.25) is 0 Å². The van der Waals surface area contributed by atoms with E-state index in [9.17, 15) is 5.26 Å². The molecular weight excluding hydrogens is 254 g/mol. The van der Waals surface area contributed by atoms with Crippen molar-refractivity contribution in [1.82, 2.24) is 0 Å². The van der Waals surface area contributed by atoms with E-state index >= 15 is 0 Å². The van der Waals surface area contributed by atoms with Crippen molar-refractivity contribution in [3.63, 3.8) is 0 Å². The summed E-state index contributed by atoms with van der Waals surface area (Å²) in [5, 5.41) is 9.23. The van der Waals surface area contributed by atoms with Crippen LogP contribution in [0.1, 0.15) is 116 Å². The lowest BCUT2D eigenvalue weighted by molar-refractivity contribution is 0.471. The second-order valence-corrected chi connectivity index (χ2v) is 7.06. The molecule has 1 saturated carbocycles. The zero-order chi connectivity index (χ0) is 15.0. The summed E-state index contributed by atoms with van der Waals surface area (Å²) in [6, 6.07) is 2.53. The third-order valence-corrected chi connectivity index (χ3v) is 5.04. The highest BCUT2D eigenvalue weighted by Gasteiger charge is 2.06. The lowest BCUT2D eigenvalue weighted by Gasteiger charge is -2.08. The molecule has 0 heterocycles. The zero-order valence-corrected chi connectivity index (χ0v) is 14.3. The lowest BCUT2D eigenvalue weighted by atomic mass is 9.95. The molecule has 0 aromatic carbocycles. The van der Waals surface area contributed by atoms with Gasteiger partial charge >= 0.3 is 0 Å². The van der Waals surface area contributed by atoms with E-state index in [-0.39, 0.29) is 0 Å². The Morgan fingerprint density at radius 1 is 0.429 bits per heavy atom. The van der Waals surface area contributed by atoms with E-state index in [0.29, 0.717) is 5.92 Å². The zero-order valence-electron chi connectivity index (χ0n) is 14.3. The van der Waals surface area contributed by atoms with Crippen LogP contribution >= 0.6 is 0 Å². The summed E-state index contributed by atoms with van der Waals surface area (Å²) in [6.07, 6.45) is 24.7. The first-order valence-electron chi connectivity index (χ1n) is 9.83. The van der Waals surface area contributed by atoms with Crippen LogP contribution in [-0.2, 0) is 0 Å². The normalized spacial score (nSPS) is 23.4. The van der Waals surface area contributed by atoms with E-state index in [4.69, 9.17) is 0 Å². The number of rotatable bonds is 0. The van der Waals surface area contributed by atoms with Gasteiger partial charge in [-0.1, -0.05) is 103 Å². The van der Waals surface area contributed by atoms with Gasteiger partial charge in [0.05, 0.1) is 6.07 Å². The van der Waals surface area contributed by atoms with E-state index in [1.165, 1.54) is 103 Å². The van der Waals surface area contributed by atoms with Crippen molar-refractivity contribution in [3.8, 4) is 6.07 Å². The van der Waals surface area contributed by atoms with Crippen LogP contribution in [0.25, 0.3) is 0 Å². The molecule has 0 aromatic heterocycles. The molecule has 1 fully saturated rings. The Kier molecular flexibility index (Phi) is 12.7. The highest BCUT2D eigenvalue weighted by atomic mass is 14.3. The lowest BCUT2D eigenvalue weighted by Crippen LogP contribution is -1.97. The molecular formula is C20H37N. The van der Waals surface area contributed by atoms with Gasteiger partial charge in [0, 0.05) is 5.92 Å². The maximum absolute atomic E-state index is 9.23. The first kappa shape index (κ1) is 18.5. The van der Waals surface area contributed by atoms with Crippen molar-refractivity contribution in [2.45, 2.75) is 116 Å². The number of hydrogen-bond donors (Lipinski definition) is 0. The molecule has 1 nitrogen and oxygen atoms in total. The van der Waals surface area contributed by atoms with Gasteiger partial charge in [0.25, 0.3) is 0 Å². The standard InChI is InChI=1S/C20H37N/c21-19-20-17-15-13-11-9-7-5-3-1-2-4-6-8-10-12-14-16-18-20/h20H,1-18H2. The fourth-order valence-electron chi connectivity index (χ4n) is 3.53. The quantitative estimate of drug-likeness (QED) is 0.464. The Labute approximate surface area is 133 Å². The van der Waals surface area contributed by atoms with Gasteiger partial charge in [-0.05, 0) is 12.8 Å². The fraction of sp³-hybridized carbons (Fsp3) is 0.950. The third-order valence-electron chi connectivity index (χ3n) is 5.04. The highest BCUT2D eigenvalue weighted by molar-refractivity contribution is 4.82. The van der Waals surface area contributed by atoms with Crippen molar-refractivity contribution in [1.29, 1.82) is 5.26 Å². The van der Waals surface area contributed by atoms with Gasteiger partial charge in [0.1, 0.15) is 0 Å². The van der Waals surface area contributed by atoms with Crippen molar-refractivity contribution < 1.29 is 0 Å². The predicted molar refractivity (Wildman–Crippen MR) is 92.2 cm³/mol. The molecule has 0 spiro atoms. The highest BCUT2D eigenvalue weighted by Crippen LogP contribution is 2.19. The topological polar surface area (TPSA) is 23.8 Å². The van der Waals surface area contributed by atoms with Crippen LogP contribution in [0, 0.1) is 17.2 Å². The van der Waals surface area contributed by atoms with Gasteiger partial charge in [-0.3, -0.25) is 0 Å². The minimum Gasteiger partial charge on any atom is -0.198 e. The molecule has 0 amide bonds. The van der Waals surface area contributed by atoms with Gasteiger partial charge in [-0.2, -0.15) is 5.26 Å². The van der Waals surface area contributed by atoms with Gasteiger partial charge in [0.15, 0.2) is 0 Å². The second-order valence-electron chi connectivity index (χ2n) is 7.06. The molecule has 0 aromatic rings. The molecule has 1 aliphatic carbocycles. The summed E-state index contributed by atoms with van der Waals surface area (Å²) in [6.45, 7) is 0. The van der Waals surface area contributed by atoms with Crippen molar-refractivity contribution in [3.05, 3.63) is 0 Å². The molecule has 0 aliphatic heterocycles. The van der Waals surface area contributed by atoms with Crippen molar-refractivity contribution in [2.24, 2.45) is 5.92 Å². The first-order chi connectivity index (χ1) is 10.4. The molecule has 1 aliphatic rings. The van der Waals surface area contributed by atoms with Crippen LogP contribution in [0.4, 0.5) is 0 Å². The first-order valence-corrected chi connectivity index (χ1v) is 9.83. The Balaban J connectivity index is 2.16. The van der Waals surface area contributed by atoms with Gasteiger partial charge < -0.3 is 0 Å². The SMILES string of the molecule is N#CC1CCCCCCCCCCCCCCCCCC1. The second kappa shape index (κ2) is 14.4. The smallest absolute Gasteiger partial charge is 0.0655 e. The average Bonchev–Trinajstić information content (AvgIpc) is 2.51. The predicted octanol–water partition coefficient (Wildman–Crippen LogP) is 7.16. The monoisotopic (exact) mass is 291 g/mol. The van der Waals surface area contributed by atoms with Gasteiger partial charge in [-0.25, -0.2) is 0 Å². The van der Waals surface area contributed by atoms with Crippen LogP contribution in [0.15, 0.2) is 0 Å². The summed E-state index contributed by atoms with van der Waals surface area (Å²) >= 11 is 0. The van der Waals surface area contributed by atoms with Crippen LogP contribution in [-0.4, -0.2) is 0 Å². The van der Waals surface area contributed by atoms with E-state index in [1.54, 1.807) is 0 Å². The average molecular weight is 292 g/mol. The fourth-order valence-corrected chi connectivity index (χ4v) is 3.53. The minimum absolute atomic E-state index is 0.340. The maximum Gasteiger partial charge on any atom is 0.0655 e. The molecule has 0 atom stereocenters. The Hall–Kier alpha value is -0.510. The minimum atomic E-state index is 0.340. The largest absolute Gasteiger partial charge is 0.198 e. The molecule has 122 valence electrons. The van der Waals surface area contributed by atoms with E-state index < -0.39 is 0 Å². The number of nitrogens with zero attached hydrogens (tertiary/aromatic N) is 1. The van der Waals surface area contributed by atoms with Gasteiger partial charge in [0.2, 0.25) is 0 Å². The Morgan fingerprint density at radius 2 is 0.667 bits per heavy atom. The summed E-state index contributed by atoms with van der Waals surface area (Å²) in [4.78, 5) is 0. The van der Waals surface area contributed by atoms with E-state index in [1.807, 2.05) is 0 Å².